The molecular formula is C17H13N. The van der Waals surface area contributed by atoms with Crippen LogP contribution < -0.4 is 10.4 Å². The minimum Gasteiger partial charge on any atom is -0.343 e. The zero-order valence-corrected chi connectivity index (χ0v) is 9.95. The van der Waals surface area contributed by atoms with Gasteiger partial charge in [-0.1, -0.05) is 48.5 Å². The fourth-order valence-corrected chi connectivity index (χ4v) is 2.76. The molecule has 86 valence electrons. The van der Waals surface area contributed by atoms with Crippen molar-refractivity contribution in [3.63, 3.8) is 0 Å². The van der Waals surface area contributed by atoms with Crippen LogP contribution in [0.1, 0.15) is 17.2 Å². The molecule has 0 fully saturated rings. The van der Waals surface area contributed by atoms with E-state index in [-0.39, 0.29) is 0 Å². The van der Waals surface area contributed by atoms with Gasteiger partial charge in [-0.2, -0.15) is 0 Å². The molecule has 0 radical (unpaired) electrons. The first-order valence-corrected chi connectivity index (χ1v) is 6.25. The van der Waals surface area contributed by atoms with Gasteiger partial charge in [0.2, 0.25) is 0 Å². The van der Waals surface area contributed by atoms with Crippen LogP contribution >= 0.6 is 0 Å². The van der Waals surface area contributed by atoms with E-state index in [9.17, 15) is 0 Å². The van der Waals surface area contributed by atoms with Gasteiger partial charge in [0.1, 0.15) is 0 Å². The molecule has 2 aliphatic heterocycles. The van der Waals surface area contributed by atoms with Gasteiger partial charge in [-0.25, -0.2) is 0 Å². The molecule has 2 aromatic rings. The lowest BCUT2D eigenvalue weighted by Gasteiger charge is -2.32. The number of hydrogen-bond acceptors (Lipinski definition) is 1. The normalized spacial score (nSPS) is 19.1. The van der Waals surface area contributed by atoms with Gasteiger partial charge in [0, 0.05) is 12.4 Å². The number of fused-ring (bicyclic) bond motifs is 4. The van der Waals surface area contributed by atoms with E-state index in [0.29, 0.717) is 6.04 Å². The van der Waals surface area contributed by atoms with Crippen molar-refractivity contribution < 1.29 is 0 Å². The average molecular weight is 231 g/mol. The lowest BCUT2D eigenvalue weighted by molar-refractivity contribution is 0.487. The number of nitrogens with zero attached hydrogens (tertiary/aromatic N) is 1. The molecule has 4 rings (SSSR count). The standard InChI is InChI=1S/C17H13N/c1-2-7-15-12-18-10-9-13-5-3-4-8-16(13)17(18)11-14(15)6-1/h1-12,17H. The van der Waals surface area contributed by atoms with Crippen molar-refractivity contribution in [1.29, 1.82) is 0 Å². The fraction of sp³-hybridized carbons (Fsp3) is 0.0588. The summed E-state index contributed by atoms with van der Waals surface area (Å²) in [7, 11) is 0. The van der Waals surface area contributed by atoms with Crippen LogP contribution in [0.15, 0.2) is 54.7 Å². The van der Waals surface area contributed by atoms with Crippen LogP contribution in [0.3, 0.4) is 0 Å². The molecule has 0 aliphatic carbocycles. The van der Waals surface area contributed by atoms with Crippen molar-refractivity contribution in [1.82, 2.24) is 4.90 Å². The van der Waals surface area contributed by atoms with Crippen molar-refractivity contribution in [3.8, 4) is 0 Å². The first kappa shape index (κ1) is 9.72. The maximum Gasteiger partial charge on any atom is 0.0778 e. The molecule has 0 amide bonds. The Hall–Kier alpha value is -2.28. The van der Waals surface area contributed by atoms with Crippen molar-refractivity contribution in [2.45, 2.75) is 6.04 Å². The van der Waals surface area contributed by atoms with Crippen molar-refractivity contribution in [2.75, 3.05) is 0 Å². The SMILES string of the molecule is C1=CN2C=c3ccccc3=CC2c2ccccc21. The number of rotatable bonds is 0. The van der Waals surface area contributed by atoms with Gasteiger partial charge in [-0.05, 0) is 33.7 Å². The largest absolute Gasteiger partial charge is 0.343 e. The molecule has 2 heterocycles. The van der Waals surface area contributed by atoms with Gasteiger partial charge in [-0.15, -0.1) is 0 Å². The molecule has 2 aliphatic rings. The quantitative estimate of drug-likeness (QED) is 0.672. The van der Waals surface area contributed by atoms with Crippen molar-refractivity contribution in [2.24, 2.45) is 0 Å². The van der Waals surface area contributed by atoms with E-state index in [4.69, 9.17) is 0 Å². The highest BCUT2D eigenvalue weighted by Crippen LogP contribution is 2.32. The maximum absolute atomic E-state index is 2.34. The summed E-state index contributed by atoms with van der Waals surface area (Å²) < 4.78 is 0. The second kappa shape index (κ2) is 3.61. The molecule has 0 bridgehead atoms. The van der Waals surface area contributed by atoms with E-state index < -0.39 is 0 Å². The van der Waals surface area contributed by atoms with Crippen LogP contribution in [-0.2, 0) is 0 Å². The Morgan fingerprint density at radius 1 is 0.833 bits per heavy atom. The lowest BCUT2D eigenvalue weighted by Crippen LogP contribution is -2.36. The highest BCUT2D eigenvalue weighted by Gasteiger charge is 2.21. The second-order valence-corrected chi connectivity index (χ2v) is 4.76. The first-order valence-electron chi connectivity index (χ1n) is 6.25. The minimum atomic E-state index is 0.334. The second-order valence-electron chi connectivity index (χ2n) is 4.76. The third-order valence-electron chi connectivity index (χ3n) is 3.68. The van der Waals surface area contributed by atoms with Gasteiger partial charge in [-0.3, -0.25) is 0 Å². The summed E-state index contributed by atoms with van der Waals surface area (Å²) in [4.78, 5) is 2.28. The number of hydrogen-bond donors (Lipinski definition) is 0. The molecule has 18 heavy (non-hydrogen) atoms. The van der Waals surface area contributed by atoms with Crippen LogP contribution in [0.2, 0.25) is 0 Å². The van der Waals surface area contributed by atoms with Crippen molar-refractivity contribution in [3.05, 3.63) is 76.3 Å². The summed E-state index contributed by atoms with van der Waals surface area (Å²) in [5, 5.41) is 2.61. The van der Waals surface area contributed by atoms with E-state index in [0.717, 1.165) is 0 Å². The molecular weight excluding hydrogens is 218 g/mol. The minimum absolute atomic E-state index is 0.334. The van der Waals surface area contributed by atoms with Crippen LogP contribution in [0.5, 0.6) is 0 Å². The predicted molar refractivity (Wildman–Crippen MR) is 74.7 cm³/mol. The zero-order valence-electron chi connectivity index (χ0n) is 9.95. The summed E-state index contributed by atoms with van der Waals surface area (Å²) >= 11 is 0. The number of benzene rings is 2. The third-order valence-corrected chi connectivity index (χ3v) is 3.68. The summed E-state index contributed by atoms with van der Waals surface area (Å²) in [5.74, 6) is 0. The van der Waals surface area contributed by atoms with E-state index in [1.807, 2.05) is 0 Å². The molecule has 0 spiro atoms. The van der Waals surface area contributed by atoms with Crippen LogP contribution in [0, 0.1) is 0 Å². The Kier molecular flexibility index (Phi) is 1.95. The zero-order chi connectivity index (χ0) is 11.9. The molecule has 2 aromatic carbocycles. The van der Waals surface area contributed by atoms with Gasteiger partial charge < -0.3 is 4.90 Å². The Balaban J connectivity index is 1.99. The van der Waals surface area contributed by atoms with Crippen LogP contribution in [0.4, 0.5) is 0 Å². The summed E-state index contributed by atoms with van der Waals surface area (Å²) in [6, 6.07) is 17.5. The summed E-state index contributed by atoms with van der Waals surface area (Å²) in [5.41, 5.74) is 2.70. The fourth-order valence-electron chi connectivity index (χ4n) is 2.76. The molecule has 1 heteroatoms. The lowest BCUT2D eigenvalue weighted by atomic mass is 9.94. The van der Waals surface area contributed by atoms with Crippen molar-refractivity contribution >= 4 is 18.4 Å². The third kappa shape index (κ3) is 1.34. The van der Waals surface area contributed by atoms with Crippen LogP contribution in [0.25, 0.3) is 18.4 Å². The van der Waals surface area contributed by atoms with Gasteiger partial charge >= 0.3 is 0 Å². The Labute approximate surface area is 106 Å². The highest BCUT2D eigenvalue weighted by molar-refractivity contribution is 5.63. The van der Waals surface area contributed by atoms with E-state index >= 15 is 0 Å². The molecule has 1 nitrogen and oxygen atoms in total. The Morgan fingerprint density at radius 2 is 1.61 bits per heavy atom. The Morgan fingerprint density at radius 3 is 2.56 bits per heavy atom. The smallest absolute Gasteiger partial charge is 0.0778 e. The molecule has 0 saturated heterocycles. The molecule has 1 unspecified atom stereocenters. The summed E-state index contributed by atoms with van der Waals surface area (Å²) in [6.45, 7) is 0. The predicted octanol–water partition coefficient (Wildman–Crippen LogP) is 2.25. The molecule has 0 saturated carbocycles. The summed E-state index contributed by atoms with van der Waals surface area (Å²) in [6.07, 6.45) is 8.92. The highest BCUT2D eigenvalue weighted by atomic mass is 15.1. The molecule has 0 N–H and O–H groups in total. The monoisotopic (exact) mass is 231 g/mol. The van der Waals surface area contributed by atoms with E-state index in [1.54, 1.807) is 0 Å². The van der Waals surface area contributed by atoms with E-state index in [2.05, 4.69) is 78.0 Å². The average Bonchev–Trinajstić information content (AvgIpc) is 2.45. The molecule has 0 aromatic heterocycles. The van der Waals surface area contributed by atoms with Gasteiger partial charge in [0.05, 0.1) is 6.04 Å². The first-order chi connectivity index (χ1) is 8.92. The maximum atomic E-state index is 2.34. The Bertz CT molecular complexity index is 755. The van der Waals surface area contributed by atoms with Gasteiger partial charge in [0.15, 0.2) is 0 Å². The van der Waals surface area contributed by atoms with E-state index in [1.165, 1.54) is 21.6 Å². The van der Waals surface area contributed by atoms with Gasteiger partial charge in [0.25, 0.3) is 0 Å². The molecule has 1 atom stereocenters. The topological polar surface area (TPSA) is 3.24 Å². The van der Waals surface area contributed by atoms with Crippen LogP contribution in [-0.4, -0.2) is 4.90 Å².